The number of allylic oxidation sites excluding steroid dienone is 2. The molecule has 3 aromatic carbocycles. The van der Waals surface area contributed by atoms with E-state index in [2.05, 4.69) is 67.6 Å². The van der Waals surface area contributed by atoms with E-state index < -0.39 is 0 Å². The van der Waals surface area contributed by atoms with Crippen molar-refractivity contribution in [3.05, 3.63) is 138 Å². The van der Waals surface area contributed by atoms with Gasteiger partial charge in [0.15, 0.2) is 4.80 Å². The summed E-state index contributed by atoms with van der Waals surface area (Å²) >= 11 is 1.47. The molecule has 0 unspecified atom stereocenters. The van der Waals surface area contributed by atoms with E-state index in [-0.39, 0.29) is 11.6 Å². The maximum atomic E-state index is 13.7. The van der Waals surface area contributed by atoms with Crippen molar-refractivity contribution >= 4 is 29.2 Å². The second-order valence-corrected chi connectivity index (χ2v) is 9.83. The average Bonchev–Trinajstić information content (AvgIpc) is 3.19. The smallest absolute Gasteiger partial charge is 0.271 e. The summed E-state index contributed by atoms with van der Waals surface area (Å²) in [5.41, 5.74) is 8.29. The van der Waals surface area contributed by atoms with Gasteiger partial charge in [-0.25, -0.2) is 4.99 Å². The van der Waals surface area contributed by atoms with Crippen molar-refractivity contribution < 1.29 is 0 Å². The lowest BCUT2D eigenvalue weighted by Crippen LogP contribution is -2.38. The summed E-state index contributed by atoms with van der Waals surface area (Å²) in [7, 11) is 0. The van der Waals surface area contributed by atoms with Crippen LogP contribution in [-0.4, -0.2) is 4.57 Å². The van der Waals surface area contributed by atoms with Gasteiger partial charge in [-0.15, -0.1) is 0 Å². The monoisotopic (exact) mass is 460 g/mol. The summed E-state index contributed by atoms with van der Waals surface area (Å²) in [5.74, 6) is 0. The molecule has 2 heterocycles. The van der Waals surface area contributed by atoms with Gasteiger partial charge in [0.2, 0.25) is 0 Å². The van der Waals surface area contributed by atoms with Crippen molar-refractivity contribution in [1.82, 2.24) is 4.57 Å². The number of hydrogen-bond acceptors (Lipinski definition) is 3. The Morgan fingerprint density at radius 3 is 2.53 bits per heavy atom. The van der Waals surface area contributed by atoms with E-state index in [0.717, 1.165) is 34.5 Å². The summed E-state index contributed by atoms with van der Waals surface area (Å²) in [6.45, 7) is 2.09. The standard InChI is InChI=1S/C30H24N2OS/c1-20-14-16-23(17-15-20)28-25-19-18-22-11-5-6-12-24(22)27(25)31-30-32(28)29(33)26(34-30)13-7-10-21-8-3-2-4-9-21/h2-17,28H,18-19H2,1H3/b10-7+,26-13-/t28-/m1/s1. The largest absolute Gasteiger partial charge is 0.272 e. The van der Waals surface area contributed by atoms with Crippen LogP contribution in [0, 0.1) is 6.92 Å². The van der Waals surface area contributed by atoms with Gasteiger partial charge in [0, 0.05) is 5.56 Å². The van der Waals surface area contributed by atoms with Gasteiger partial charge in [-0.1, -0.05) is 108 Å². The zero-order chi connectivity index (χ0) is 23.1. The van der Waals surface area contributed by atoms with E-state index in [1.807, 2.05) is 41.0 Å². The molecular weight excluding hydrogens is 436 g/mol. The van der Waals surface area contributed by atoms with Crippen molar-refractivity contribution in [3.8, 4) is 0 Å². The fourth-order valence-corrected chi connectivity index (χ4v) is 5.85. The van der Waals surface area contributed by atoms with Crippen LogP contribution in [0.3, 0.4) is 0 Å². The summed E-state index contributed by atoms with van der Waals surface area (Å²) < 4.78 is 2.61. The van der Waals surface area contributed by atoms with E-state index in [0.29, 0.717) is 4.53 Å². The number of aromatic nitrogens is 1. The number of hydrogen-bond donors (Lipinski definition) is 0. The summed E-state index contributed by atoms with van der Waals surface area (Å²) in [4.78, 5) is 19.5. The molecule has 3 nitrogen and oxygen atoms in total. The third-order valence-corrected chi connectivity index (χ3v) is 7.60. The fraction of sp³-hybridized carbons (Fsp3) is 0.133. The molecule has 34 heavy (non-hydrogen) atoms. The molecule has 1 aliphatic heterocycles. The lowest BCUT2D eigenvalue weighted by Gasteiger charge is -2.30. The van der Waals surface area contributed by atoms with E-state index in [1.54, 1.807) is 0 Å². The van der Waals surface area contributed by atoms with Crippen LogP contribution in [0.25, 0.3) is 17.8 Å². The summed E-state index contributed by atoms with van der Waals surface area (Å²) in [6, 6.07) is 27.1. The van der Waals surface area contributed by atoms with Crippen molar-refractivity contribution in [2.45, 2.75) is 25.8 Å². The molecule has 6 rings (SSSR count). The van der Waals surface area contributed by atoms with Gasteiger partial charge in [0.25, 0.3) is 5.56 Å². The molecule has 0 spiro atoms. The number of aryl methyl sites for hydroxylation is 2. The summed E-state index contributed by atoms with van der Waals surface area (Å²) in [5, 5.41) is 0. The first kappa shape index (κ1) is 20.8. The lowest BCUT2D eigenvalue weighted by molar-refractivity contribution is 0.585. The Balaban J connectivity index is 1.54. The number of thiazole rings is 1. The average molecular weight is 461 g/mol. The second-order valence-electron chi connectivity index (χ2n) is 8.82. The molecule has 0 bridgehead atoms. The van der Waals surface area contributed by atoms with Crippen LogP contribution in [0.15, 0.2) is 100 Å². The lowest BCUT2D eigenvalue weighted by atomic mass is 9.83. The quantitative estimate of drug-likeness (QED) is 0.409. The first-order valence-electron chi connectivity index (χ1n) is 11.6. The third kappa shape index (κ3) is 3.61. The van der Waals surface area contributed by atoms with Gasteiger partial charge >= 0.3 is 0 Å². The Hall–Kier alpha value is -3.76. The van der Waals surface area contributed by atoms with Gasteiger partial charge in [-0.3, -0.25) is 9.36 Å². The molecular formula is C30H24N2OS. The first-order valence-corrected chi connectivity index (χ1v) is 12.4. The van der Waals surface area contributed by atoms with Crippen LogP contribution < -0.4 is 14.9 Å². The Morgan fingerprint density at radius 1 is 0.941 bits per heavy atom. The highest BCUT2D eigenvalue weighted by Crippen LogP contribution is 2.41. The molecule has 4 heteroatoms. The maximum Gasteiger partial charge on any atom is 0.271 e. The Morgan fingerprint density at radius 2 is 1.71 bits per heavy atom. The highest BCUT2D eigenvalue weighted by atomic mass is 32.1. The molecule has 0 N–H and O–H groups in total. The van der Waals surface area contributed by atoms with Crippen LogP contribution in [0.4, 0.5) is 0 Å². The van der Waals surface area contributed by atoms with Crippen molar-refractivity contribution in [3.63, 3.8) is 0 Å². The molecule has 1 atom stereocenters. The van der Waals surface area contributed by atoms with Gasteiger partial charge in [0.05, 0.1) is 16.3 Å². The van der Waals surface area contributed by atoms with Crippen LogP contribution in [-0.2, 0) is 6.42 Å². The Kier molecular flexibility index (Phi) is 5.23. The second kappa shape index (κ2) is 8.54. The number of fused-ring (bicyclic) bond motifs is 3. The molecule has 0 amide bonds. The minimum absolute atomic E-state index is 0.0254. The van der Waals surface area contributed by atoms with Gasteiger partial charge in [0.1, 0.15) is 0 Å². The minimum atomic E-state index is -0.125. The number of benzene rings is 3. The Bertz CT molecular complexity index is 1620. The highest BCUT2D eigenvalue weighted by Gasteiger charge is 2.32. The topological polar surface area (TPSA) is 34.4 Å². The van der Waals surface area contributed by atoms with E-state index in [9.17, 15) is 4.79 Å². The molecule has 166 valence electrons. The van der Waals surface area contributed by atoms with Crippen molar-refractivity contribution in [2.24, 2.45) is 4.99 Å². The zero-order valence-corrected chi connectivity index (χ0v) is 19.8. The normalized spacial score (nSPS) is 17.3. The molecule has 1 aromatic heterocycles. The zero-order valence-electron chi connectivity index (χ0n) is 18.9. The van der Waals surface area contributed by atoms with Crippen molar-refractivity contribution in [1.29, 1.82) is 0 Å². The van der Waals surface area contributed by atoms with Gasteiger partial charge in [-0.05, 0) is 48.1 Å². The first-order chi connectivity index (χ1) is 16.7. The molecule has 1 aliphatic carbocycles. The molecule has 2 aliphatic rings. The fourth-order valence-electron chi connectivity index (χ4n) is 4.90. The van der Waals surface area contributed by atoms with Gasteiger partial charge < -0.3 is 0 Å². The van der Waals surface area contributed by atoms with E-state index in [1.165, 1.54) is 33.6 Å². The number of rotatable bonds is 3. The van der Waals surface area contributed by atoms with Crippen LogP contribution in [0.2, 0.25) is 0 Å². The predicted octanol–water partition coefficient (Wildman–Crippen LogP) is 5.29. The van der Waals surface area contributed by atoms with Crippen LogP contribution in [0.1, 0.15) is 40.3 Å². The molecule has 4 aromatic rings. The van der Waals surface area contributed by atoms with Crippen molar-refractivity contribution in [2.75, 3.05) is 0 Å². The van der Waals surface area contributed by atoms with E-state index >= 15 is 0 Å². The Labute approximate surface area is 202 Å². The predicted molar refractivity (Wildman–Crippen MR) is 140 cm³/mol. The van der Waals surface area contributed by atoms with E-state index in [4.69, 9.17) is 4.99 Å². The minimum Gasteiger partial charge on any atom is -0.272 e. The van der Waals surface area contributed by atoms with Crippen LogP contribution in [0.5, 0.6) is 0 Å². The molecule has 0 saturated heterocycles. The summed E-state index contributed by atoms with van der Waals surface area (Å²) in [6.07, 6.45) is 7.78. The third-order valence-electron chi connectivity index (χ3n) is 6.60. The maximum absolute atomic E-state index is 13.7. The van der Waals surface area contributed by atoms with Gasteiger partial charge in [-0.2, -0.15) is 0 Å². The highest BCUT2D eigenvalue weighted by molar-refractivity contribution is 7.07. The SMILES string of the molecule is Cc1ccc([C@@H]2C3=C(N=c4s/c(=C\C=C\c5ccccc5)c(=O)n42)c2ccccc2CC3)cc1. The number of nitrogens with zero attached hydrogens (tertiary/aromatic N) is 2. The van der Waals surface area contributed by atoms with Crippen LogP contribution >= 0.6 is 11.3 Å². The molecule has 0 fully saturated rings. The molecule has 0 saturated carbocycles. The molecule has 0 radical (unpaired) electrons.